The monoisotopic (exact) mass is 490 g/mol. The maximum absolute atomic E-state index is 13.1. The number of carbonyl (C=O) groups is 3. The first-order valence-corrected chi connectivity index (χ1v) is 13.5. The van der Waals surface area contributed by atoms with Crippen molar-refractivity contribution in [2.45, 2.75) is 17.4 Å². The van der Waals surface area contributed by atoms with Crippen molar-refractivity contribution in [3.05, 3.63) is 42.5 Å². The summed E-state index contributed by atoms with van der Waals surface area (Å²) in [7, 11) is -3.69. The van der Waals surface area contributed by atoms with Crippen molar-refractivity contribution in [1.82, 2.24) is 19.4 Å². The maximum atomic E-state index is 13.1. The summed E-state index contributed by atoms with van der Waals surface area (Å²) in [5.74, 6) is -0.0294. The van der Waals surface area contributed by atoms with Crippen LogP contribution in [0.1, 0.15) is 6.42 Å². The molecule has 2 aromatic carbocycles. The first-order chi connectivity index (χ1) is 15.8. The number of urea groups is 1. The van der Waals surface area contributed by atoms with Crippen LogP contribution in [-0.4, -0.2) is 91.1 Å². The number of hydrogen-bond acceptors (Lipinski definition) is 6. The topological polar surface area (TPSA) is 107 Å². The molecule has 2 saturated heterocycles. The molecule has 2 aromatic rings. The van der Waals surface area contributed by atoms with Crippen molar-refractivity contribution in [3.63, 3.8) is 0 Å². The summed E-state index contributed by atoms with van der Waals surface area (Å²) < 4.78 is 27.6. The molecule has 0 spiro atoms. The lowest BCUT2D eigenvalue weighted by molar-refractivity contribution is -0.138. The molecule has 2 aliphatic heterocycles. The SMILES string of the molecule is CSCC[C@H]1NC(=O)N(CC(=O)N2CCN(S(=O)(=O)c3ccc4ccccc4c3)CC2)C1=O. The van der Waals surface area contributed by atoms with Crippen LogP contribution in [0.3, 0.4) is 0 Å². The molecule has 9 nitrogen and oxygen atoms in total. The zero-order chi connectivity index (χ0) is 23.6. The zero-order valence-corrected chi connectivity index (χ0v) is 19.9. The molecule has 33 heavy (non-hydrogen) atoms. The van der Waals surface area contributed by atoms with Gasteiger partial charge in [0.05, 0.1) is 4.90 Å². The number of hydrogen-bond donors (Lipinski definition) is 1. The Morgan fingerprint density at radius 2 is 1.76 bits per heavy atom. The van der Waals surface area contributed by atoms with Crippen LogP contribution < -0.4 is 5.32 Å². The summed E-state index contributed by atoms with van der Waals surface area (Å²) in [6.07, 6.45) is 2.43. The van der Waals surface area contributed by atoms with Gasteiger partial charge in [-0.2, -0.15) is 16.1 Å². The van der Waals surface area contributed by atoms with Gasteiger partial charge in [-0.25, -0.2) is 13.2 Å². The molecule has 0 unspecified atom stereocenters. The number of thioether (sulfide) groups is 1. The van der Waals surface area contributed by atoms with Crippen LogP contribution in [0.15, 0.2) is 47.4 Å². The molecule has 0 saturated carbocycles. The number of sulfonamides is 1. The van der Waals surface area contributed by atoms with Crippen LogP contribution in [-0.2, 0) is 19.6 Å². The van der Waals surface area contributed by atoms with E-state index in [4.69, 9.17) is 0 Å². The number of amides is 4. The highest BCUT2D eigenvalue weighted by molar-refractivity contribution is 7.98. The number of piperazine rings is 1. The Kier molecular flexibility index (Phi) is 6.91. The van der Waals surface area contributed by atoms with Gasteiger partial charge in [0.25, 0.3) is 5.91 Å². The second-order valence-corrected chi connectivity index (χ2v) is 10.9. The Bertz CT molecular complexity index is 1180. The number of benzene rings is 2. The van der Waals surface area contributed by atoms with Crippen LogP contribution in [0.2, 0.25) is 0 Å². The summed E-state index contributed by atoms with van der Waals surface area (Å²) in [5, 5.41) is 4.43. The highest BCUT2D eigenvalue weighted by atomic mass is 32.2. The molecule has 4 amide bonds. The number of nitrogens with zero attached hydrogens (tertiary/aromatic N) is 3. The minimum absolute atomic E-state index is 0.150. The number of rotatable bonds is 7. The normalized spacial score (nSPS) is 19.8. The van der Waals surface area contributed by atoms with E-state index in [0.717, 1.165) is 21.4 Å². The summed E-state index contributed by atoms with van der Waals surface area (Å²) in [6.45, 7) is 0.364. The van der Waals surface area contributed by atoms with Crippen molar-refractivity contribution >= 4 is 50.4 Å². The van der Waals surface area contributed by atoms with E-state index in [9.17, 15) is 22.8 Å². The molecule has 0 aliphatic carbocycles. The van der Waals surface area contributed by atoms with Crippen molar-refractivity contribution < 1.29 is 22.8 Å². The van der Waals surface area contributed by atoms with E-state index in [-0.39, 0.29) is 49.4 Å². The van der Waals surface area contributed by atoms with Gasteiger partial charge in [-0.3, -0.25) is 14.5 Å². The molecule has 0 radical (unpaired) electrons. The summed E-state index contributed by atoms with van der Waals surface area (Å²) in [4.78, 5) is 40.0. The fraction of sp³-hybridized carbons (Fsp3) is 0.409. The number of carbonyl (C=O) groups excluding carboxylic acids is 3. The van der Waals surface area contributed by atoms with Crippen LogP contribution >= 0.6 is 11.8 Å². The standard InChI is InChI=1S/C22H26N4O5S2/c1-32-13-8-19-21(28)26(22(29)23-19)15-20(27)24-9-11-25(12-10-24)33(30,31)18-7-6-16-4-2-3-5-17(16)14-18/h2-7,14,19H,8-13,15H2,1H3,(H,23,29)/t19-/m1/s1. The third-order valence-electron chi connectivity index (χ3n) is 5.96. The molecular formula is C22H26N4O5S2. The molecule has 2 heterocycles. The Morgan fingerprint density at radius 1 is 1.06 bits per heavy atom. The zero-order valence-electron chi connectivity index (χ0n) is 18.3. The highest BCUT2D eigenvalue weighted by Gasteiger charge is 2.39. The van der Waals surface area contributed by atoms with E-state index >= 15 is 0 Å². The quantitative estimate of drug-likeness (QED) is 0.587. The maximum Gasteiger partial charge on any atom is 0.325 e. The molecule has 2 fully saturated rings. The van der Waals surface area contributed by atoms with Crippen LogP contribution in [0.4, 0.5) is 4.79 Å². The fourth-order valence-electron chi connectivity index (χ4n) is 4.05. The lowest BCUT2D eigenvalue weighted by Gasteiger charge is -2.34. The molecule has 2 aliphatic rings. The van der Waals surface area contributed by atoms with Crippen LogP contribution in [0, 0.1) is 0 Å². The Balaban J connectivity index is 1.36. The van der Waals surface area contributed by atoms with E-state index in [2.05, 4.69) is 5.32 Å². The lowest BCUT2D eigenvalue weighted by Crippen LogP contribution is -2.53. The Hall–Kier alpha value is -2.63. The second kappa shape index (κ2) is 9.70. The molecule has 4 rings (SSSR count). The smallest absolute Gasteiger partial charge is 0.325 e. The Morgan fingerprint density at radius 3 is 2.45 bits per heavy atom. The molecule has 1 N–H and O–H groups in total. The molecular weight excluding hydrogens is 464 g/mol. The lowest BCUT2D eigenvalue weighted by atomic mass is 10.1. The first kappa shape index (κ1) is 23.5. The van der Waals surface area contributed by atoms with Crippen molar-refractivity contribution in [2.24, 2.45) is 0 Å². The third kappa shape index (κ3) is 4.85. The number of nitrogens with one attached hydrogen (secondary N) is 1. The first-order valence-electron chi connectivity index (χ1n) is 10.7. The van der Waals surface area contributed by atoms with Gasteiger partial charge in [0.1, 0.15) is 12.6 Å². The molecule has 176 valence electrons. The predicted octanol–water partition coefficient (Wildman–Crippen LogP) is 1.35. The Labute approximate surface area is 197 Å². The third-order valence-corrected chi connectivity index (χ3v) is 8.50. The molecule has 0 aromatic heterocycles. The van der Waals surface area contributed by atoms with Crippen LogP contribution in [0.25, 0.3) is 10.8 Å². The fourth-order valence-corrected chi connectivity index (χ4v) is 5.98. The highest BCUT2D eigenvalue weighted by Crippen LogP contribution is 2.23. The molecule has 1 atom stereocenters. The molecule has 0 bridgehead atoms. The van der Waals surface area contributed by atoms with E-state index in [1.807, 2.05) is 30.5 Å². The van der Waals surface area contributed by atoms with Gasteiger partial charge >= 0.3 is 6.03 Å². The van der Waals surface area contributed by atoms with Crippen molar-refractivity contribution in [2.75, 3.05) is 44.7 Å². The van der Waals surface area contributed by atoms with Gasteiger partial charge in [0.15, 0.2) is 0 Å². The average Bonchev–Trinajstić information content (AvgIpc) is 3.09. The van der Waals surface area contributed by atoms with Gasteiger partial charge in [-0.1, -0.05) is 30.3 Å². The summed E-state index contributed by atoms with van der Waals surface area (Å²) in [5.41, 5.74) is 0. The summed E-state index contributed by atoms with van der Waals surface area (Å²) >= 11 is 1.58. The van der Waals surface area contributed by atoms with Crippen molar-refractivity contribution in [1.29, 1.82) is 0 Å². The predicted molar refractivity (Wildman–Crippen MR) is 126 cm³/mol. The minimum Gasteiger partial charge on any atom is -0.338 e. The largest absolute Gasteiger partial charge is 0.338 e. The van der Waals surface area contributed by atoms with E-state index in [0.29, 0.717) is 6.42 Å². The van der Waals surface area contributed by atoms with E-state index in [1.54, 1.807) is 30.0 Å². The van der Waals surface area contributed by atoms with E-state index < -0.39 is 22.1 Å². The van der Waals surface area contributed by atoms with E-state index in [1.165, 1.54) is 9.21 Å². The van der Waals surface area contributed by atoms with Gasteiger partial charge in [-0.15, -0.1) is 0 Å². The number of imide groups is 1. The average molecular weight is 491 g/mol. The number of fused-ring (bicyclic) bond motifs is 1. The van der Waals surface area contributed by atoms with Gasteiger partial charge < -0.3 is 10.2 Å². The van der Waals surface area contributed by atoms with Crippen molar-refractivity contribution in [3.8, 4) is 0 Å². The van der Waals surface area contributed by atoms with Gasteiger partial charge in [0.2, 0.25) is 15.9 Å². The van der Waals surface area contributed by atoms with Gasteiger partial charge in [0, 0.05) is 26.2 Å². The van der Waals surface area contributed by atoms with Crippen LogP contribution in [0.5, 0.6) is 0 Å². The second-order valence-electron chi connectivity index (χ2n) is 8.00. The summed E-state index contributed by atoms with van der Waals surface area (Å²) in [6, 6.07) is 11.4. The minimum atomic E-state index is -3.69. The molecule has 11 heteroatoms. The van der Waals surface area contributed by atoms with Gasteiger partial charge in [-0.05, 0) is 41.3 Å².